The Bertz CT molecular complexity index is 600. The van der Waals surface area contributed by atoms with Crippen molar-refractivity contribution in [3.63, 3.8) is 0 Å². The number of carbonyl (C=O) groups excluding carboxylic acids is 1. The summed E-state index contributed by atoms with van der Waals surface area (Å²) in [4.78, 5) is 12.1. The summed E-state index contributed by atoms with van der Waals surface area (Å²) in [6, 6.07) is 7.33. The average molecular weight is 242 g/mol. The molecule has 0 spiro atoms. The molecule has 3 nitrogen and oxygen atoms in total. The molecule has 17 heavy (non-hydrogen) atoms. The maximum Gasteiger partial charge on any atom is 0.219 e. The van der Waals surface area contributed by atoms with E-state index in [0.717, 1.165) is 5.56 Å². The Kier molecular flexibility index (Phi) is 3.22. The average Bonchev–Trinajstić information content (AvgIpc) is 2.96. The van der Waals surface area contributed by atoms with Crippen LogP contribution in [-0.2, 0) is 7.05 Å². The third kappa shape index (κ3) is 2.35. The van der Waals surface area contributed by atoms with Crippen LogP contribution in [0.4, 0.5) is 0 Å². The molecule has 0 aliphatic heterocycles. The van der Waals surface area contributed by atoms with E-state index in [1.54, 1.807) is 36.0 Å². The molecule has 2 aromatic rings. The molecule has 0 saturated heterocycles. The Labute approximate surface area is 103 Å². The number of hydrogen-bond acceptors (Lipinski definition) is 3. The van der Waals surface area contributed by atoms with E-state index in [0.29, 0.717) is 5.69 Å². The quantitative estimate of drug-likeness (QED) is 0.472. The van der Waals surface area contributed by atoms with Crippen molar-refractivity contribution in [1.82, 2.24) is 4.57 Å². The third-order valence-corrected chi connectivity index (χ3v) is 3.10. The van der Waals surface area contributed by atoms with Crippen LogP contribution < -0.4 is 0 Å². The molecule has 0 amide bonds. The van der Waals surface area contributed by atoms with E-state index in [-0.39, 0.29) is 11.4 Å². The molecule has 0 radical (unpaired) electrons. The summed E-state index contributed by atoms with van der Waals surface area (Å²) in [5.41, 5.74) is 1.56. The maximum absolute atomic E-state index is 12.1. The molecule has 0 unspecified atom stereocenters. The van der Waals surface area contributed by atoms with Crippen LogP contribution in [0.5, 0.6) is 0 Å². The van der Waals surface area contributed by atoms with Crippen molar-refractivity contribution in [2.24, 2.45) is 7.05 Å². The molecule has 2 rings (SSSR count). The first-order valence-electron chi connectivity index (χ1n) is 5.02. The highest BCUT2D eigenvalue weighted by molar-refractivity contribution is 7.08. The highest BCUT2D eigenvalue weighted by Crippen LogP contribution is 2.14. The van der Waals surface area contributed by atoms with E-state index in [4.69, 9.17) is 5.26 Å². The largest absolute Gasteiger partial charge is 0.348 e. The van der Waals surface area contributed by atoms with Gasteiger partial charge < -0.3 is 4.57 Å². The number of allylic oxidation sites excluding steroid dienone is 1. The summed E-state index contributed by atoms with van der Waals surface area (Å²) in [6.45, 7) is 0. The van der Waals surface area contributed by atoms with Crippen molar-refractivity contribution >= 4 is 23.2 Å². The van der Waals surface area contributed by atoms with Crippen LogP contribution in [0.1, 0.15) is 16.1 Å². The second kappa shape index (κ2) is 4.81. The van der Waals surface area contributed by atoms with Gasteiger partial charge in [0.05, 0.1) is 5.69 Å². The standard InChI is InChI=1S/C13H10N2OS/c1-15-5-2-3-12(15)13(16)11(8-14)7-10-4-6-17-9-10/h2-7,9H,1H3. The zero-order valence-corrected chi connectivity index (χ0v) is 10.1. The van der Waals surface area contributed by atoms with Gasteiger partial charge >= 0.3 is 0 Å². The normalized spacial score (nSPS) is 11.2. The SMILES string of the molecule is Cn1cccc1C(=O)C(C#N)=Cc1ccsc1. The lowest BCUT2D eigenvalue weighted by Gasteiger charge is -2.00. The highest BCUT2D eigenvalue weighted by atomic mass is 32.1. The summed E-state index contributed by atoms with van der Waals surface area (Å²) in [7, 11) is 1.78. The molecular formula is C13H10N2OS. The van der Waals surface area contributed by atoms with Crippen LogP contribution in [0.25, 0.3) is 6.08 Å². The summed E-state index contributed by atoms with van der Waals surface area (Å²) in [5, 5.41) is 12.8. The van der Waals surface area contributed by atoms with Crippen molar-refractivity contribution < 1.29 is 4.79 Å². The van der Waals surface area contributed by atoms with Crippen LogP contribution in [0.15, 0.2) is 40.7 Å². The first-order valence-corrected chi connectivity index (χ1v) is 5.96. The second-order valence-electron chi connectivity index (χ2n) is 3.56. The van der Waals surface area contributed by atoms with Gasteiger partial charge in [-0.25, -0.2) is 0 Å². The number of Topliss-reactive ketones (excluding diaryl/α,β-unsaturated/α-hetero) is 1. The van der Waals surface area contributed by atoms with Crippen molar-refractivity contribution in [2.75, 3.05) is 0 Å². The van der Waals surface area contributed by atoms with Crippen molar-refractivity contribution in [2.45, 2.75) is 0 Å². The molecular weight excluding hydrogens is 232 g/mol. The number of ketones is 1. The number of aryl methyl sites for hydroxylation is 1. The van der Waals surface area contributed by atoms with Crippen LogP contribution in [0.2, 0.25) is 0 Å². The fourth-order valence-corrected chi connectivity index (χ4v) is 2.13. The Balaban J connectivity index is 2.36. The molecule has 0 aliphatic carbocycles. The zero-order valence-electron chi connectivity index (χ0n) is 9.25. The van der Waals surface area contributed by atoms with Gasteiger partial charge in [0.2, 0.25) is 5.78 Å². The van der Waals surface area contributed by atoms with Crippen LogP contribution in [-0.4, -0.2) is 10.4 Å². The minimum absolute atomic E-state index is 0.158. The molecule has 2 aromatic heterocycles. The smallest absolute Gasteiger partial charge is 0.219 e. The van der Waals surface area contributed by atoms with Crippen LogP contribution in [0.3, 0.4) is 0 Å². The van der Waals surface area contributed by atoms with Gasteiger partial charge in [-0.2, -0.15) is 16.6 Å². The number of carbonyl (C=O) groups is 1. The Morgan fingerprint density at radius 3 is 2.88 bits per heavy atom. The van der Waals surface area contributed by atoms with E-state index in [9.17, 15) is 4.79 Å². The molecule has 4 heteroatoms. The van der Waals surface area contributed by atoms with Gasteiger partial charge in [-0.15, -0.1) is 0 Å². The summed E-state index contributed by atoms with van der Waals surface area (Å²) in [6.07, 6.45) is 3.40. The number of nitrogens with zero attached hydrogens (tertiary/aromatic N) is 2. The number of aromatic nitrogens is 1. The number of nitriles is 1. The van der Waals surface area contributed by atoms with E-state index in [1.165, 1.54) is 11.3 Å². The van der Waals surface area contributed by atoms with Crippen LogP contribution in [0, 0.1) is 11.3 Å². The molecule has 0 saturated carbocycles. The molecule has 0 fully saturated rings. The van der Waals surface area contributed by atoms with Gasteiger partial charge in [-0.3, -0.25) is 4.79 Å². The first-order chi connectivity index (χ1) is 8.22. The van der Waals surface area contributed by atoms with E-state index < -0.39 is 0 Å². The number of rotatable bonds is 3. The predicted octanol–water partition coefficient (Wildman–Crippen LogP) is 2.88. The molecule has 84 valence electrons. The highest BCUT2D eigenvalue weighted by Gasteiger charge is 2.14. The van der Waals surface area contributed by atoms with Gasteiger partial charge in [0.1, 0.15) is 11.6 Å². The summed E-state index contributed by atoms with van der Waals surface area (Å²) < 4.78 is 1.71. The minimum Gasteiger partial charge on any atom is -0.348 e. The van der Waals surface area contributed by atoms with E-state index >= 15 is 0 Å². The van der Waals surface area contributed by atoms with E-state index in [1.807, 2.05) is 22.9 Å². The predicted molar refractivity (Wildman–Crippen MR) is 67.7 cm³/mol. The molecule has 0 aromatic carbocycles. The van der Waals surface area contributed by atoms with Crippen LogP contribution >= 0.6 is 11.3 Å². The van der Waals surface area contributed by atoms with Gasteiger partial charge in [-0.05, 0) is 40.6 Å². The van der Waals surface area contributed by atoms with Gasteiger partial charge in [0.15, 0.2) is 0 Å². The maximum atomic E-state index is 12.1. The van der Waals surface area contributed by atoms with Crippen molar-refractivity contribution in [1.29, 1.82) is 5.26 Å². The number of thiophene rings is 1. The topological polar surface area (TPSA) is 45.8 Å². The Morgan fingerprint density at radius 1 is 1.53 bits per heavy atom. The summed E-state index contributed by atoms with van der Waals surface area (Å²) in [5.74, 6) is -0.244. The Hall–Kier alpha value is -2.12. The Morgan fingerprint density at radius 2 is 2.35 bits per heavy atom. The second-order valence-corrected chi connectivity index (χ2v) is 4.34. The molecule has 0 bridgehead atoms. The van der Waals surface area contributed by atoms with Crippen molar-refractivity contribution in [3.8, 4) is 6.07 Å². The van der Waals surface area contributed by atoms with Gasteiger partial charge in [-0.1, -0.05) is 0 Å². The minimum atomic E-state index is -0.244. The fourth-order valence-electron chi connectivity index (χ4n) is 1.51. The first kappa shape index (κ1) is 11.4. The lowest BCUT2D eigenvalue weighted by Crippen LogP contribution is -2.07. The number of hydrogen-bond donors (Lipinski definition) is 0. The third-order valence-electron chi connectivity index (χ3n) is 2.40. The molecule has 0 N–H and O–H groups in total. The van der Waals surface area contributed by atoms with Gasteiger partial charge in [0, 0.05) is 13.2 Å². The lowest BCUT2D eigenvalue weighted by atomic mass is 10.1. The lowest BCUT2D eigenvalue weighted by molar-refractivity contribution is 0.103. The molecule has 0 aliphatic rings. The molecule has 2 heterocycles. The summed E-state index contributed by atoms with van der Waals surface area (Å²) >= 11 is 1.53. The monoisotopic (exact) mass is 242 g/mol. The zero-order chi connectivity index (χ0) is 12.3. The van der Waals surface area contributed by atoms with Crippen molar-refractivity contribution in [3.05, 3.63) is 52.0 Å². The van der Waals surface area contributed by atoms with Gasteiger partial charge in [0.25, 0.3) is 0 Å². The fraction of sp³-hybridized carbons (Fsp3) is 0.0769. The van der Waals surface area contributed by atoms with E-state index in [2.05, 4.69) is 0 Å². The molecule has 0 atom stereocenters.